The lowest BCUT2D eigenvalue weighted by molar-refractivity contribution is -0.137. The van der Waals surface area contributed by atoms with E-state index in [0.29, 0.717) is 6.07 Å². The van der Waals surface area contributed by atoms with E-state index in [2.05, 4.69) is 14.7 Å². The van der Waals surface area contributed by atoms with Crippen LogP contribution in [0.15, 0.2) is 39.9 Å². The number of carbonyl (C=O) groups excluding carboxylic acids is 1. The maximum atomic E-state index is 14.0. The van der Waals surface area contributed by atoms with Gasteiger partial charge in [-0.25, -0.2) is 18.4 Å². The van der Waals surface area contributed by atoms with Crippen molar-refractivity contribution < 1.29 is 36.5 Å². The molecule has 0 spiro atoms. The van der Waals surface area contributed by atoms with Crippen molar-refractivity contribution in [2.24, 2.45) is 4.36 Å². The van der Waals surface area contributed by atoms with Crippen LogP contribution in [0.5, 0.6) is 0 Å². The minimum atomic E-state index is -4.90. The number of nitrogens with one attached hydrogen (secondary N) is 1. The highest BCUT2D eigenvalue weighted by molar-refractivity contribution is 7.93. The quantitative estimate of drug-likeness (QED) is 0.694. The molecule has 1 atom stereocenters. The summed E-state index contributed by atoms with van der Waals surface area (Å²) >= 11 is 5.48. The standard InChI is InChI=1S/C15H10ClF4N3O4S/c1-28(27,23-14(25)26)12-4-7(2-3-21-12)22-13(24)8-5-10(16)9(6-11(8)17)15(18,19)20/h2-6H,1H3,(H,25,26)(H,21,22,24). The first-order valence-electron chi connectivity index (χ1n) is 7.10. The maximum Gasteiger partial charge on any atom is 0.439 e. The smallest absolute Gasteiger partial charge is 0.439 e. The van der Waals surface area contributed by atoms with Gasteiger partial charge in [-0.2, -0.15) is 13.2 Å². The Kier molecular flexibility index (Phi) is 5.94. The molecule has 7 nitrogen and oxygen atoms in total. The Morgan fingerprint density at radius 3 is 2.50 bits per heavy atom. The number of anilines is 1. The molecule has 0 aliphatic heterocycles. The number of hydrogen-bond acceptors (Lipinski definition) is 4. The fraction of sp³-hybridized carbons (Fsp3) is 0.133. The highest BCUT2D eigenvalue weighted by atomic mass is 35.5. The van der Waals surface area contributed by atoms with Crippen molar-refractivity contribution in [1.29, 1.82) is 0 Å². The van der Waals surface area contributed by atoms with Crippen molar-refractivity contribution in [3.05, 3.63) is 52.4 Å². The summed E-state index contributed by atoms with van der Waals surface area (Å²) in [5.41, 5.74) is -2.26. The summed E-state index contributed by atoms with van der Waals surface area (Å²) in [5, 5.41) is 9.66. The summed E-state index contributed by atoms with van der Waals surface area (Å²) in [7, 11) is -3.43. The molecule has 0 radical (unpaired) electrons. The van der Waals surface area contributed by atoms with Crippen LogP contribution in [0.4, 0.5) is 28.0 Å². The van der Waals surface area contributed by atoms with Gasteiger partial charge in [0.2, 0.25) is 0 Å². The van der Waals surface area contributed by atoms with Crippen LogP contribution < -0.4 is 5.32 Å². The summed E-state index contributed by atoms with van der Waals surface area (Å²) in [6.07, 6.45) is -4.50. The zero-order valence-electron chi connectivity index (χ0n) is 13.8. The van der Waals surface area contributed by atoms with Crippen LogP contribution in [-0.4, -0.2) is 32.6 Å². The average Bonchev–Trinajstić information content (AvgIpc) is 2.54. The van der Waals surface area contributed by atoms with E-state index in [0.717, 1.165) is 18.5 Å². The van der Waals surface area contributed by atoms with Gasteiger partial charge in [-0.1, -0.05) is 11.6 Å². The molecule has 2 rings (SSSR count). The number of rotatable bonds is 3. The second kappa shape index (κ2) is 7.72. The van der Waals surface area contributed by atoms with E-state index in [4.69, 9.17) is 16.7 Å². The molecule has 0 saturated carbocycles. The van der Waals surface area contributed by atoms with Crippen molar-refractivity contribution in [2.45, 2.75) is 11.2 Å². The van der Waals surface area contributed by atoms with Gasteiger partial charge >= 0.3 is 12.3 Å². The Hall–Kier alpha value is -2.73. The molecule has 0 saturated heterocycles. The van der Waals surface area contributed by atoms with E-state index in [9.17, 15) is 31.4 Å². The van der Waals surface area contributed by atoms with E-state index >= 15 is 0 Å². The van der Waals surface area contributed by atoms with Crippen LogP contribution >= 0.6 is 11.6 Å². The maximum absolute atomic E-state index is 14.0. The van der Waals surface area contributed by atoms with E-state index in [1.54, 1.807) is 0 Å². The van der Waals surface area contributed by atoms with Gasteiger partial charge in [-0.3, -0.25) is 4.79 Å². The Morgan fingerprint density at radius 1 is 1.29 bits per heavy atom. The summed E-state index contributed by atoms with van der Waals surface area (Å²) in [6.45, 7) is 0. The Bertz CT molecular complexity index is 1080. The Morgan fingerprint density at radius 2 is 1.93 bits per heavy atom. The Balaban J connectivity index is 2.37. The van der Waals surface area contributed by atoms with Gasteiger partial charge in [-0.05, 0) is 24.3 Å². The second-order valence-electron chi connectivity index (χ2n) is 5.32. The van der Waals surface area contributed by atoms with Crippen LogP contribution in [0.25, 0.3) is 0 Å². The third kappa shape index (κ3) is 4.95. The minimum absolute atomic E-state index is 0.0689. The van der Waals surface area contributed by atoms with E-state index in [1.807, 2.05) is 0 Å². The number of alkyl halides is 3. The normalized spacial score (nSPS) is 13.5. The molecule has 2 aromatic rings. The number of pyridine rings is 1. The molecule has 13 heteroatoms. The molecule has 1 heterocycles. The monoisotopic (exact) mass is 439 g/mol. The summed E-state index contributed by atoms with van der Waals surface area (Å²) in [5.74, 6) is -2.59. The number of nitrogens with zero attached hydrogens (tertiary/aromatic N) is 2. The number of carboxylic acid groups (broad SMARTS) is 1. The first kappa shape index (κ1) is 21.6. The van der Waals surface area contributed by atoms with Crippen molar-refractivity contribution in [3.63, 3.8) is 0 Å². The molecule has 2 amide bonds. The van der Waals surface area contributed by atoms with Gasteiger partial charge < -0.3 is 10.4 Å². The van der Waals surface area contributed by atoms with Crippen molar-refractivity contribution in [1.82, 2.24) is 4.98 Å². The molecule has 0 aliphatic rings. The van der Waals surface area contributed by atoms with Crippen molar-refractivity contribution in [3.8, 4) is 0 Å². The van der Waals surface area contributed by atoms with E-state index < -0.39 is 49.9 Å². The van der Waals surface area contributed by atoms with E-state index in [1.165, 1.54) is 6.07 Å². The first-order valence-corrected chi connectivity index (χ1v) is 9.40. The number of amides is 2. The second-order valence-corrected chi connectivity index (χ2v) is 7.94. The number of halogens is 5. The van der Waals surface area contributed by atoms with Crippen molar-refractivity contribution >= 4 is 39.0 Å². The number of benzene rings is 1. The van der Waals surface area contributed by atoms with Gasteiger partial charge in [0.05, 0.1) is 16.1 Å². The van der Waals surface area contributed by atoms with Gasteiger partial charge in [0.1, 0.15) is 20.6 Å². The fourth-order valence-electron chi connectivity index (χ4n) is 2.03. The van der Waals surface area contributed by atoms with Crippen LogP contribution in [0, 0.1) is 5.82 Å². The number of carbonyl (C=O) groups is 2. The van der Waals surface area contributed by atoms with Gasteiger partial charge in [0.15, 0.2) is 0 Å². The zero-order valence-corrected chi connectivity index (χ0v) is 15.3. The highest BCUT2D eigenvalue weighted by Crippen LogP contribution is 2.36. The van der Waals surface area contributed by atoms with E-state index in [-0.39, 0.29) is 16.8 Å². The molecule has 1 aromatic carbocycles. The summed E-state index contributed by atoms with van der Waals surface area (Å²) in [4.78, 5) is 26.5. The van der Waals surface area contributed by atoms with Crippen LogP contribution in [0.3, 0.4) is 0 Å². The van der Waals surface area contributed by atoms with Crippen LogP contribution in [0.1, 0.15) is 15.9 Å². The lowest BCUT2D eigenvalue weighted by atomic mass is 10.1. The third-order valence-corrected chi connectivity index (χ3v) is 5.06. The van der Waals surface area contributed by atoms with Gasteiger partial charge in [-0.15, -0.1) is 4.36 Å². The molecule has 0 bridgehead atoms. The molecule has 150 valence electrons. The van der Waals surface area contributed by atoms with Crippen LogP contribution in [-0.2, 0) is 15.9 Å². The fourth-order valence-corrected chi connectivity index (χ4v) is 3.29. The summed E-state index contributed by atoms with van der Waals surface area (Å²) in [6, 6.07) is 2.87. The molecular formula is C15H10ClF4N3O4S. The average molecular weight is 440 g/mol. The molecule has 2 N–H and O–H groups in total. The molecule has 1 aromatic heterocycles. The minimum Gasteiger partial charge on any atom is -0.463 e. The third-order valence-electron chi connectivity index (χ3n) is 3.24. The largest absolute Gasteiger partial charge is 0.463 e. The number of hydrogen-bond donors (Lipinski definition) is 2. The molecule has 0 aliphatic carbocycles. The predicted molar refractivity (Wildman–Crippen MR) is 91.4 cm³/mol. The lowest BCUT2D eigenvalue weighted by Crippen LogP contribution is -2.16. The molecule has 0 fully saturated rings. The SMILES string of the molecule is CS(=O)(=NC(=O)O)c1cc(NC(=O)c2cc(Cl)c(C(F)(F)F)cc2F)ccn1. The van der Waals surface area contributed by atoms with Crippen LogP contribution in [0.2, 0.25) is 5.02 Å². The van der Waals surface area contributed by atoms with Crippen molar-refractivity contribution in [2.75, 3.05) is 11.6 Å². The first-order chi connectivity index (χ1) is 12.8. The molecule has 28 heavy (non-hydrogen) atoms. The topological polar surface area (TPSA) is 109 Å². The molecule has 1 unspecified atom stereocenters. The van der Waals surface area contributed by atoms with Gasteiger partial charge in [0, 0.05) is 18.1 Å². The predicted octanol–water partition coefficient (Wildman–Crippen LogP) is 4.28. The summed E-state index contributed by atoms with van der Waals surface area (Å²) < 4.78 is 67.4. The Labute approximate surface area is 160 Å². The molecular weight excluding hydrogens is 430 g/mol. The number of aromatic nitrogens is 1. The highest BCUT2D eigenvalue weighted by Gasteiger charge is 2.34. The van der Waals surface area contributed by atoms with Gasteiger partial charge in [0.25, 0.3) is 5.91 Å². The lowest BCUT2D eigenvalue weighted by Gasteiger charge is -2.12. The zero-order chi connectivity index (χ0) is 21.3.